The molecule has 0 N–H and O–H groups in total. The van der Waals surface area contributed by atoms with Gasteiger partial charge in [0.2, 0.25) is 0 Å². The van der Waals surface area contributed by atoms with Crippen LogP contribution >= 0.6 is 0 Å². The van der Waals surface area contributed by atoms with Crippen molar-refractivity contribution in [2.24, 2.45) is 0 Å². The summed E-state index contributed by atoms with van der Waals surface area (Å²) >= 11 is 0. The minimum atomic E-state index is 0.865. The maximum atomic E-state index is 4.22. The molecule has 0 bridgehead atoms. The lowest BCUT2D eigenvalue weighted by molar-refractivity contribution is 0.563. The maximum absolute atomic E-state index is 4.22. The normalized spacial score (nSPS) is 10.2. The second kappa shape index (κ2) is 3.34. The van der Waals surface area contributed by atoms with Gasteiger partial charge in [-0.2, -0.15) is 15.0 Å². The van der Waals surface area contributed by atoms with Crippen LogP contribution in [0.2, 0.25) is 0 Å². The summed E-state index contributed by atoms with van der Waals surface area (Å²) in [5.41, 5.74) is 1.10. The highest BCUT2D eigenvalue weighted by Gasteiger charge is 1.95. The SMILES string of the molecule is CCCc1cnn(CC)n1. The van der Waals surface area contributed by atoms with Gasteiger partial charge in [-0.05, 0) is 13.3 Å². The number of hydrogen-bond donors (Lipinski definition) is 0. The first-order valence-electron chi connectivity index (χ1n) is 3.75. The first-order chi connectivity index (χ1) is 4.86. The van der Waals surface area contributed by atoms with Crippen LogP contribution in [0.5, 0.6) is 0 Å². The van der Waals surface area contributed by atoms with Crippen molar-refractivity contribution < 1.29 is 0 Å². The van der Waals surface area contributed by atoms with Gasteiger partial charge in [0, 0.05) is 0 Å². The molecule has 56 valence electrons. The Morgan fingerprint density at radius 1 is 1.50 bits per heavy atom. The highest BCUT2D eigenvalue weighted by molar-refractivity contribution is 4.90. The molecule has 0 fully saturated rings. The Balaban J connectivity index is 2.59. The van der Waals surface area contributed by atoms with Crippen molar-refractivity contribution in [2.45, 2.75) is 33.2 Å². The Kier molecular flexibility index (Phi) is 2.42. The molecule has 0 aromatic carbocycles. The van der Waals surface area contributed by atoms with E-state index in [1.165, 1.54) is 0 Å². The van der Waals surface area contributed by atoms with Gasteiger partial charge >= 0.3 is 0 Å². The van der Waals surface area contributed by atoms with Crippen molar-refractivity contribution in [2.75, 3.05) is 0 Å². The minimum absolute atomic E-state index is 0.865. The molecule has 1 rings (SSSR count). The van der Waals surface area contributed by atoms with E-state index in [0.29, 0.717) is 0 Å². The summed E-state index contributed by atoms with van der Waals surface area (Å²) in [6.07, 6.45) is 4.02. The average Bonchev–Trinajstić information content (AvgIpc) is 2.37. The molecule has 3 nitrogen and oxygen atoms in total. The standard InChI is InChI=1S/C7H13N3/c1-3-5-7-6-8-10(4-2)9-7/h6H,3-5H2,1-2H3. The lowest BCUT2D eigenvalue weighted by Crippen LogP contribution is -1.98. The van der Waals surface area contributed by atoms with Crippen molar-refractivity contribution in [1.29, 1.82) is 0 Å². The van der Waals surface area contributed by atoms with Gasteiger partial charge in [-0.15, -0.1) is 0 Å². The van der Waals surface area contributed by atoms with Gasteiger partial charge in [0.1, 0.15) is 0 Å². The van der Waals surface area contributed by atoms with Crippen LogP contribution in [0.25, 0.3) is 0 Å². The zero-order chi connectivity index (χ0) is 7.40. The molecule has 0 aliphatic rings. The smallest absolute Gasteiger partial charge is 0.0827 e. The van der Waals surface area contributed by atoms with Crippen LogP contribution in [0.4, 0.5) is 0 Å². The molecule has 1 aromatic heterocycles. The molecule has 1 aromatic rings. The first-order valence-corrected chi connectivity index (χ1v) is 3.75. The zero-order valence-electron chi connectivity index (χ0n) is 6.54. The van der Waals surface area contributed by atoms with E-state index in [9.17, 15) is 0 Å². The molecule has 0 aliphatic heterocycles. The molecule has 0 radical (unpaired) electrons. The van der Waals surface area contributed by atoms with Crippen molar-refractivity contribution in [3.63, 3.8) is 0 Å². The van der Waals surface area contributed by atoms with Gasteiger partial charge in [0.15, 0.2) is 0 Å². The van der Waals surface area contributed by atoms with Crippen LogP contribution < -0.4 is 0 Å². The Morgan fingerprint density at radius 2 is 2.30 bits per heavy atom. The third-order valence-corrected chi connectivity index (χ3v) is 1.37. The topological polar surface area (TPSA) is 30.7 Å². The minimum Gasteiger partial charge on any atom is -0.185 e. The van der Waals surface area contributed by atoms with E-state index >= 15 is 0 Å². The molecule has 0 amide bonds. The number of rotatable bonds is 3. The summed E-state index contributed by atoms with van der Waals surface area (Å²) in [6, 6.07) is 0. The highest BCUT2D eigenvalue weighted by Crippen LogP contribution is 1.95. The summed E-state index contributed by atoms with van der Waals surface area (Å²) in [7, 11) is 0. The molecule has 0 spiro atoms. The van der Waals surface area contributed by atoms with Crippen LogP contribution in [0.3, 0.4) is 0 Å². The highest BCUT2D eigenvalue weighted by atomic mass is 15.5. The van der Waals surface area contributed by atoms with Gasteiger partial charge in [-0.1, -0.05) is 13.3 Å². The number of nitrogens with zero attached hydrogens (tertiary/aromatic N) is 3. The van der Waals surface area contributed by atoms with Gasteiger partial charge in [0.05, 0.1) is 18.4 Å². The molecule has 0 aliphatic carbocycles. The van der Waals surface area contributed by atoms with E-state index in [4.69, 9.17) is 0 Å². The second-order valence-corrected chi connectivity index (χ2v) is 2.27. The Hall–Kier alpha value is -0.860. The Morgan fingerprint density at radius 3 is 2.80 bits per heavy atom. The Labute approximate surface area is 61.1 Å². The second-order valence-electron chi connectivity index (χ2n) is 2.27. The van der Waals surface area contributed by atoms with E-state index in [-0.39, 0.29) is 0 Å². The summed E-state index contributed by atoms with van der Waals surface area (Å²) in [5.74, 6) is 0. The Bertz CT molecular complexity index is 192. The third kappa shape index (κ3) is 1.56. The molecule has 1 heterocycles. The lowest BCUT2D eigenvalue weighted by atomic mass is 10.3. The molecule has 0 atom stereocenters. The van der Waals surface area contributed by atoms with E-state index < -0.39 is 0 Å². The van der Waals surface area contributed by atoms with Crippen molar-refractivity contribution in [3.05, 3.63) is 11.9 Å². The van der Waals surface area contributed by atoms with Gasteiger partial charge < -0.3 is 0 Å². The summed E-state index contributed by atoms with van der Waals surface area (Å²) in [6.45, 7) is 5.05. The summed E-state index contributed by atoms with van der Waals surface area (Å²) in [5, 5.41) is 8.28. The summed E-state index contributed by atoms with van der Waals surface area (Å²) in [4.78, 5) is 1.71. The molecule has 3 heteroatoms. The van der Waals surface area contributed by atoms with Gasteiger partial charge in [0.25, 0.3) is 0 Å². The molecule has 0 saturated heterocycles. The quantitative estimate of drug-likeness (QED) is 0.631. The monoisotopic (exact) mass is 139 g/mol. The number of aryl methyl sites for hydroxylation is 2. The predicted octanol–water partition coefficient (Wildman–Crippen LogP) is 1.25. The largest absolute Gasteiger partial charge is 0.185 e. The molecule has 0 saturated carbocycles. The molecular weight excluding hydrogens is 126 g/mol. The third-order valence-electron chi connectivity index (χ3n) is 1.37. The fraction of sp³-hybridized carbons (Fsp3) is 0.714. The number of aromatic nitrogens is 3. The van der Waals surface area contributed by atoms with Crippen LogP contribution in [0, 0.1) is 0 Å². The van der Waals surface area contributed by atoms with E-state index in [1.54, 1.807) is 4.80 Å². The van der Waals surface area contributed by atoms with Crippen molar-refractivity contribution in [1.82, 2.24) is 15.0 Å². The van der Waals surface area contributed by atoms with Gasteiger partial charge in [-0.25, -0.2) is 0 Å². The average molecular weight is 139 g/mol. The van der Waals surface area contributed by atoms with Gasteiger partial charge in [-0.3, -0.25) is 0 Å². The van der Waals surface area contributed by atoms with Crippen molar-refractivity contribution >= 4 is 0 Å². The lowest BCUT2D eigenvalue weighted by Gasteiger charge is -1.89. The van der Waals surface area contributed by atoms with Crippen molar-refractivity contribution in [3.8, 4) is 0 Å². The van der Waals surface area contributed by atoms with E-state index in [0.717, 1.165) is 25.1 Å². The van der Waals surface area contributed by atoms with E-state index in [2.05, 4.69) is 17.1 Å². The molecule has 0 unspecified atom stereocenters. The summed E-state index contributed by atoms with van der Waals surface area (Å²) < 4.78 is 0. The van der Waals surface area contributed by atoms with Crippen LogP contribution in [-0.2, 0) is 13.0 Å². The van der Waals surface area contributed by atoms with Crippen LogP contribution in [0.15, 0.2) is 6.20 Å². The predicted molar refractivity (Wildman–Crippen MR) is 39.7 cm³/mol. The van der Waals surface area contributed by atoms with Crippen LogP contribution in [-0.4, -0.2) is 15.0 Å². The fourth-order valence-electron chi connectivity index (χ4n) is 0.856. The zero-order valence-corrected chi connectivity index (χ0v) is 6.54. The van der Waals surface area contributed by atoms with E-state index in [1.807, 2.05) is 13.1 Å². The molecular formula is C7H13N3. The maximum Gasteiger partial charge on any atom is 0.0827 e. The van der Waals surface area contributed by atoms with Crippen LogP contribution in [0.1, 0.15) is 26.0 Å². The number of hydrogen-bond acceptors (Lipinski definition) is 2. The first kappa shape index (κ1) is 7.25. The fourth-order valence-corrected chi connectivity index (χ4v) is 0.856. The molecule has 10 heavy (non-hydrogen) atoms.